The van der Waals surface area contributed by atoms with E-state index in [1.807, 2.05) is 37.5 Å². The summed E-state index contributed by atoms with van der Waals surface area (Å²) in [5.74, 6) is 1.37. The van der Waals surface area contributed by atoms with Crippen molar-refractivity contribution in [1.29, 1.82) is 0 Å². The molecular weight excluding hydrogens is 641 g/mol. The molecule has 1 saturated heterocycles. The Morgan fingerprint density at radius 1 is 1.02 bits per heavy atom. The topological polar surface area (TPSA) is 120 Å². The molecule has 0 aromatic carbocycles. The van der Waals surface area contributed by atoms with Gasteiger partial charge in [0, 0.05) is 58.9 Å². The highest BCUT2D eigenvalue weighted by molar-refractivity contribution is 7.92. The van der Waals surface area contributed by atoms with Gasteiger partial charge in [-0.3, -0.25) is 9.97 Å². The summed E-state index contributed by atoms with van der Waals surface area (Å²) in [4.78, 5) is 25.1. The number of aryl methyl sites for hydroxylation is 3. The first-order valence-corrected chi connectivity index (χ1v) is 19.5. The van der Waals surface area contributed by atoms with Crippen molar-refractivity contribution in [3.05, 3.63) is 77.4 Å². The van der Waals surface area contributed by atoms with E-state index in [0.29, 0.717) is 22.2 Å². The van der Waals surface area contributed by atoms with Gasteiger partial charge in [0.25, 0.3) is 0 Å². The van der Waals surface area contributed by atoms with Crippen LogP contribution >= 0.6 is 11.3 Å². The molecule has 3 aliphatic rings. The minimum absolute atomic E-state index is 0.0695. The van der Waals surface area contributed by atoms with E-state index < -0.39 is 9.84 Å². The summed E-state index contributed by atoms with van der Waals surface area (Å²) >= 11 is 1.59. The number of nitrogens with one attached hydrogen (secondary N) is 1. The van der Waals surface area contributed by atoms with Crippen molar-refractivity contribution in [2.75, 3.05) is 24.3 Å². The summed E-state index contributed by atoms with van der Waals surface area (Å²) in [5.41, 5.74) is 7.03. The van der Waals surface area contributed by atoms with Crippen molar-refractivity contribution in [1.82, 2.24) is 24.9 Å². The van der Waals surface area contributed by atoms with E-state index in [9.17, 15) is 8.42 Å². The maximum atomic E-state index is 14.2. The van der Waals surface area contributed by atoms with Gasteiger partial charge in [-0.1, -0.05) is 19.9 Å². The van der Waals surface area contributed by atoms with Crippen molar-refractivity contribution in [3.8, 4) is 21.7 Å². The molecule has 0 amide bonds. The van der Waals surface area contributed by atoms with Crippen molar-refractivity contribution < 1.29 is 13.2 Å². The summed E-state index contributed by atoms with van der Waals surface area (Å²) in [7, 11) is -3.63. The number of anilines is 1. The van der Waals surface area contributed by atoms with E-state index >= 15 is 0 Å². The van der Waals surface area contributed by atoms with Gasteiger partial charge in [-0.25, -0.2) is 23.4 Å². The summed E-state index contributed by atoms with van der Waals surface area (Å²) in [6.45, 7) is 7.71. The van der Waals surface area contributed by atoms with Crippen LogP contribution in [0.1, 0.15) is 79.8 Å². The van der Waals surface area contributed by atoms with Gasteiger partial charge in [0.05, 0.1) is 38.5 Å². The lowest BCUT2D eigenvalue weighted by molar-refractivity contribution is 0.0639. The number of rotatable bonds is 8. The zero-order valence-corrected chi connectivity index (χ0v) is 29.2. The first kappa shape index (κ1) is 31.5. The molecule has 5 aromatic heterocycles. The Hall–Kier alpha value is -3.80. The van der Waals surface area contributed by atoms with Crippen LogP contribution in [-0.2, 0) is 27.4 Å². The average Bonchev–Trinajstić information content (AvgIpc) is 3.78. The van der Waals surface area contributed by atoms with Crippen molar-refractivity contribution in [2.24, 2.45) is 11.8 Å². The molecule has 1 aliphatic carbocycles. The Morgan fingerprint density at radius 2 is 1.88 bits per heavy atom. The van der Waals surface area contributed by atoms with Crippen LogP contribution in [-0.4, -0.2) is 52.3 Å². The van der Waals surface area contributed by atoms with E-state index in [-0.39, 0.29) is 23.6 Å². The minimum atomic E-state index is -3.63. The molecule has 48 heavy (non-hydrogen) atoms. The van der Waals surface area contributed by atoms with Crippen molar-refractivity contribution in [3.63, 3.8) is 0 Å². The third-order valence-corrected chi connectivity index (χ3v) is 13.3. The van der Waals surface area contributed by atoms with Gasteiger partial charge in [-0.15, -0.1) is 11.3 Å². The van der Waals surface area contributed by atoms with E-state index in [2.05, 4.69) is 41.3 Å². The van der Waals surface area contributed by atoms with Crippen molar-refractivity contribution >= 4 is 37.1 Å². The van der Waals surface area contributed by atoms with Crippen molar-refractivity contribution in [2.45, 2.75) is 76.2 Å². The summed E-state index contributed by atoms with van der Waals surface area (Å²) < 4.78 is 35.1. The van der Waals surface area contributed by atoms with Gasteiger partial charge in [-0.05, 0) is 92.5 Å². The fraction of sp³-hybridized carbons (Fsp3) is 0.432. The lowest BCUT2D eigenvalue weighted by Crippen LogP contribution is -2.17. The van der Waals surface area contributed by atoms with Gasteiger partial charge in [-0.2, -0.15) is 0 Å². The second kappa shape index (κ2) is 12.6. The van der Waals surface area contributed by atoms with Crippen LogP contribution in [0.5, 0.6) is 0 Å². The van der Waals surface area contributed by atoms with E-state index in [4.69, 9.17) is 19.7 Å². The number of sulfone groups is 1. The Balaban J connectivity index is 1.33. The molecule has 0 saturated carbocycles. The highest BCUT2D eigenvalue weighted by Crippen LogP contribution is 2.51. The van der Waals surface area contributed by atoms with Crippen LogP contribution in [0.3, 0.4) is 0 Å². The molecule has 9 nitrogen and oxygen atoms in total. The number of fused-ring (bicyclic) bond motifs is 3. The number of ether oxygens (including phenoxy) is 1. The SMILES string of the molecule is Cc1cc(-c2c(CCC3CCOCC3)nc3c(c2-c2cc4ccnc(N[C@@H]5CCc6ncccc65)c4s2)S(=O)(=O)C[C@H]3C(C)C)ncn1. The number of pyridine rings is 3. The lowest BCUT2D eigenvalue weighted by atomic mass is 9.88. The summed E-state index contributed by atoms with van der Waals surface area (Å²) in [6, 6.07) is 10.3. The Labute approximate surface area is 285 Å². The second-order valence-electron chi connectivity index (χ2n) is 13.8. The fourth-order valence-electron chi connectivity index (χ4n) is 7.69. The number of thiophene rings is 1. The Morgan fingerprint density at radius 3 is 2.69 bits per heavy atom. The monoisotopic (exact) mass is 680 g/mol. The number of hydrogen-bond acceptors (Lipinski definition) is 10. The molecule has 1 fully saturated rings. The van der Waals surface area contributed by atoms with Gasteiger partial charge >= 0.3 is 0 Å². The van der Waals surface area contributed by atoms with Crippen LogP contribution in [0.15, 0.2) is 53.9 Å². The van der Waals surface area contributed by atoms with Gasteiger partial charge in [0.1, 0.15) is 12.1 Å². The van der Waals surface area contributed by atoms with E-state index in [1.165, 1.54) is 5.56 Å². The predicted molar refractivity (Wildman–Crippen MR) is 189 cm³/mol. The minimum Gasteiger partial charge on any atom is -0.381 e. The average molecular weight is 681 g/mol. The molecule has 7 heterocycles. The Kier molecular flexibility index (Phi) is 8.25. The maximum Gasteiger partial charge on any atom is 0.181 e. The normalized spacial score (nSPS) is 20.3. The molecule has 0 bridgehead atoms. The molecule has 0 radical (unpaired) electrons. The van der Waals surface area contributed by atoms with Crippen LogP contribution in [0.25, 0.3) is 31.8 Å². The van der Waals surface area contributed by atoms with Gasteiger partial charge in [0.2, 0.25) is 0 Å². The molecule has 8 rings (SSSR count). The van der Waals surface area contributed by atoms with Crippen LogP contribution in [0, 0.1) is 18.8 Å². The van der Waals surface area contributed by atoms with E-state index in [0.717, 1.165) is 101 Å². The first-order valence-electron chi connectivity index (χ1n) is 17.0. The number of aromatic nitrogens is 5. The highest BCUT2D eigenvalue weighted by atomic mass is 32.2. The van der Waals surface area contributed by atoms with Crippen LogP contribution in [0.4, 0.5) is 5.82 Å². The Bertz CT molecular complexity index is 2120. The van der Waals surface area contributed by atoms with Crippen LogP contribution < -0.4 is 5.32 Å². The van der Waals surface area contributed by atoms with E-state index in [1.54, 1.807) is 17.7 Å². The summed E-state index contributed by atoms with van der Waals surface area (Å²) in [5, 5.41) is 4.74. The molecule has 2 aliphatic heterocycles. The molecule has 248 valence electrons. The summed E-state index contributed by atoms with van der Waals surface area (Å²) in [6.07, 6.45) is 10.9. The standard InChI is InChI=1S/C37H40N6O3S2/c1-21(2)26-19-48(44,45)36-33(31-18-24-10-14-39-37(35(24)47-31)43-28-9-8-27-25(28)5-4-13-38-27)32(30-17-22(3)40-20-41-30)29(42-34(26)36)7-6-23-11-15-46-16-12-23/h4-5,10,13-14,17-18,20-21,23,26,28H,6-9,11-12,15-16,19H2,1-3H3,(H,39,43)/t26-,28+/m0/s1. The molecule has 0 unspecified atom stereocenters. The molecular formula is C37H40N6O3S2. The lowest BCUT2D eigenvalue weighted by Gasteiger charge is -2.23. The number of nitrogens with zero attached hydrogens (tertiary/aromatic N) is 5. The zero-order valence-electron chi connectivity index (χ0n) is 27.6. The maximum absolute atomic E-state index is 14.2. The highest BCUT2D eigenvalue weighted by Gasteiger charge is 2.42. The smallest absolute Gasteiger partial charge is 0.181 e. The van der Waals surface area contributed by atoms with Gasteiger partial charge in [0.15, 0.2) is 9.84 Å². The number of hydrogen-bond donors (Lipinski definition) is 1. The molecule has 1 N–H and O–H groups in total. The zero-order chi connectivity index (χ0) is 33.0. The third kappa shape index (κ3) is 5.69. The largest absolute Gasteiger partial charge is 0.381 e. The first-order chi connectivity index (χ1) is 23.3. The van der Waals surface area contributed by atoms with Crippen LogP contribution in [0.2, 0.25) is 0 Å². The quantitative estimate of drug-likeness (QED) is 0.178. The molecule has 2 atom stereocenters. The van der Waals surface area contributed by atoms with Gasteiger partial charge < -0.3 is 10.1 Å². The molecule has 5 aromatic rings. The third-order valence-electron chi connectivity index (χ3n) is 10.3. The predicted octanol–water partition coefficient (Wildman–Crippen LogP) is 7.50. The fourth-order valence-corrected chi connectivity index (χ4v) is 11.1. The molecule has 0 spiro atoms. The second-order valence-corrected chi connectivity index (χ2v) is 16.8. The molecule has 11 heteroatoms.